The Morgan fingerprint density at radius 3 is 2.82 bits per heavy atom. The summed E-state index contributed by atoms with van der Waals surface area (Å²) in [6.45, 7) is 0.737. The van der Waals surface area contributed by atoms with Crippen LogP contribution in [0.4, 0.5) is 15.8 Å². The zero-order valence-electron chi connectivity index (χ0n) is 9.37. The molecule has 0 radical (unpaired) electrons. The van der Waals surface area contributed by atoms with Gasteiger partial charge in [-0.25, -0.2) is 9.18 Å². The summed E-state index contributed by atoms with van der Waals surface area (Å²) in [5, 5.41) is 11.8. The van der Waals surface area contributed by atoms with Crippen molar-refractivity contribution in [2.45, 2.75) is 19.3 Å². The van der Waals surface area contributed by atoms with Crippen LogP contribution in [-0.2, 0) is 0 Å². The average Bonchev–Trinajstić information content (AvgIpc) is 3.06. The fraction of sp³-hybridized carbons (Fsp3) is 0.417. The maximum atomic E-state index is 13.4. The van der Waals surface area contributed by atoms with Crippen LogP contribution < -0.4 is 11.1 Å². The van der Waals surface area contributed by atoms with E-state index in [4.69, 9.17) is 10.8 Å². The van der Waals surface area contributed by atoms with E-state index >= 15 is 0 Å². The SMILES string of the molecule is Nc1cc(C(=O)O)c(F)cc1NCCC1CC1. The van der Waals surface area contributed by atoms with Crippen LogP contribution in [0.3, 0.4) is 0 Å². The molecule has 1 aromatic rings. The van der Waals surface area contributed by atoms with Gasteiger partial charge in [-0.15, -0.1) is 0 Å². The highest BCUT2D eigenvalue weighted by Crippen LogP contribution is 2.32. The normalized spacial score (nSPS) is 14.6. The fourth-order valence-electron chi connectivity index (χ4n) is 1.72. The Balaban J connectivity index is 2.05. The summed E-state index contributed by atoms with van der Waals surface area (Å²) in [6, 6.07) is 2.29. The van der Waals surface area contributed by atoms with E-state index in [-0.39, 0.29) is 5.69 Å². The van der Waals surface area contributed by atoms with Crippen molar-refractivity contribution in [1.29, 1.82) is 0 Å². The molecular formula is C12H15FN2O2. The Morgan fingerprint density at radius 2 is 2.24 bits per heavy atom. The zero-order chi connectivity index (χ0) is 12.4. The molecule has 0 aliphatic heterocycles. The number of benzene rings is 1. The number of aromatic carboxylic acids is 1. The molecule has 1 aliphatic carbocycles. The molecule has 0 unspecified atom stereocenters. The number of hydrogen-bond donors (Lipinski definition) is 3. The molecule has 1 aliphatic rings. The van der Waals surface area contributed by atoms with Crippen molar-refractivity contribution in [1.82, 2.24) is 0 Å². The molecule has 0 saturated heterocycles. The van der Waals surface area contributed by atoms with Crippen LogP contribution in [0.1, 0.15) is 29.6 Å². The quantitative estimate of drug-likeness (QED) is 0.688. The minimum Gasteiger partial charge on any atom is -0.478 e. The third-order valence-corrected chi connectivity index (χ3v) is 2.93. The van der Waals surface area contributed by atoms with Gasteiger partial charge in [0.2, 0.25) is 0 Å². The van der Waals surface area contributed by atoms with Gasteiger partial charge in [-0.3, -0.25) is 0 Å². The lowest BCUT2D eigenvalue weighted by atomic mass is 10.1. The summed E-state index contributed by atoms with van der Waals surface area (Å²) < 4.78 is 13.4. The van der Waals surface area contributed by atoms with E-state index in [0.717, 1.165) is 31.0 Å². The summed E-state index contributed by atoms with van der Waals surface area (Å²) in [4.78, 5) is 10.7. The Labute approximate surface area is 98.6 Å². The van der Waals surface area contributed by atoms with Crippen LogP contribution in [0.25, 0.3) is 0 Å². The summed E-state index contributed by atoms with van der Waals surface area (Å²) in [6.07, 6.45) is 3.58. The number of carbonyl (C=O) groups is 1. The third kappa shape index (κ3) is 2.87. The molecule has 0 heterocycles. The van der Waals surface area contributed by atoms with Gasteiger partial charge in [0.25, 0.3) is 0 Å². The third-order valence-electron chi connectivity index (χ3n) is 2.93. The number of nitrogens with two attached hydrogens (primary N) is 1. The molecule has 0 spiro atoms. The highest BCUT2D eigenvalue weighted by molar-refractivity contribution is 5.90. The summed E-state index contributed by atoms with van der Waals surface area (Å²) in [7, 11) is 0. The van der Waals surface area contributed by atoms with Crippen molar-refractivity contribution >= 4 is 17.3 Å². The van der Waals surface area contributed by atoms with E-state index in [0.29, 0.717) is 5.69 Å². The van der Waals surface area contributed by atoms with Gasteiger partial charge in [-0.05, 0) is 24.5 Å². The van der Waals surface area contributed by atoms with Crippen molar-refractivity contribution in [3.8, 4) is 0 Å². The van der Waals surface area contributed by atoms with Crippen LogP contribution in [0, 0.1) is 11.7 Å². The second kappa shape index (κ2) is 4.61. The number of nitrogens with one attached hydrogen (secondary N) is 1. The largest absolute Gasteiger partial charge is 0.478 e. The summed E-state index contributed by atoms with van der Waals surface area (Å²) in [5.41, 5.74) is 6.00. The minimum absolute atomic E-state index is 0.264. The molecule has 0 bridgehead atoms. The van der Waals surface area contributed by atoms with Gasteiger partial charge in [-0.2, -0.15) is 0 Å². The molecule has 1 aromatic carbocycles. The Bertz CT molecular complexity index is 444. The molecule has 0 amide bonds. The molecule has 5 heteroatoms. The molecule has 2 rings (SSSR count). The zero-order valence-corrected chi connectivity index (χ0v) is 9.37. The van der Waals surface area contributed by atoms with E-state index < -0.39 is 17.3 Å². The van der Waals surface area contributed by atoms with Gasteiger partial charge in [0.1, 0.15) is 5.82 Å². The monoisotopic (exact) mass is 238 g/mol. The minimum atomic E-state index is -1.31. The van der Waals surface area contributed by atoms with E-state index in [9.17, 15) is 9.18 Å². The number of hydrogen-bond acceptors (Lipinski definition) is 3. The van der Waals surface area contributed by atoms with Gasteiger partial charge in [0.05, 0.1) is 16.9 Å². The molecule has 0 atom stereocenters. The van der Waals surface area contributed by atoms with Gasteiger partial charge in [-0.1, -0.05) is 12.8 Å². The smallest absolute Gasteiger partial charge is 0.338 e. The summed E-state index contributed by atoms with van der Waals surface area (Å²) in [5.74, 6) is -1.29. The molecule has 92 valence electrons. The van der Waals surface area contributed by atoms with Crippen LogP contribution >= 0.6 is 0 Å². The van der Waals surface area contributed by atoms with Gasteiger partial charge in [0.15, 0.2) is 0 Å². The maximum absolute atomic E-state index is 13.4. The van der Waals surface area contributed by atoms with Crippen LogP contribution in [0.2, 0.25) is 0 Å². The van der Waals surface area contributed by atoms with E-state index in [1.54, 1.807) is 0 Å². The fourth-order valence-corrected chi connectivity index (χ4v) is 1.72. The first-order valence-corrected chi connectivity index (χ1v) is 5.64. The Kier molecular flexibility index (Phi) is 3.17. The second-order valence-electron chi connectivity index (χ2n) is 4.38. The predicted molar refractivity (Wildman–Crippen MR) is 63.6 cm³/mol. The molecule has 4 nitrogen and oxygen atoms in total. The number of rotatable bonds is 5. The van der Waals surface area contributed by atoms with E-state index in [2.05, 4.69) is 5.32 Å². The number of anilines is 2. The number of halogens is 1. The average molecular weight is 238 g/mol. The van der Waals surface area contributed by atoms with Crippen molar-refractivity contribution < 1.29 is 14.3 Å². The highest BCUT2D eigenvalue weighted by atomic mass is 19.1. The molecule has 1 saturated carbocycles. The Hall–Kier alpha value is -1.78. The van der Waals surface area contributed by atoms with Crippen molar-refractivity contribution in [3.05, 3.63) is 23.5 Å². The van der Waals surface area contributed by atoms with Gasteiger partial charge >= 0.3 is 5.97 Å². The maximum Gasteiger partial charge on any atom is 0.338 e. The second-order valence-corrected chi connectivity index (χ2v) is 4.38. The molecule has 4 N–H and O–H groups in total. The lowest BCUT2D eigenvalue weighted by Crippen LogP contribution is -2.08. The van der Waals surface area contributed by atoms with Gasteiger partial charge in [0, 0.05) is 6.54 Å². The molecule has 1 fully saturated rings. The highest BCUT2D eigenvalue weighted by Gasteiger charge is 2.20. The van der Waals surface area contributed by atoms with Crippen LogP contribution in [-0.4, -0.2) is 17.6 Å². The number of nitrogen functional groups attached to an aromatic ring is 1. The van der Waals surface area contributed by atoms with Gasteiger partial charge < -0.3 is 16.2 Å². The molecular weight excluding hydrogens is 223 g/mol. The molecule has 17 heavy (non-hydrogen) atoms. The first-order valence-electron chi connectivity index (χ1n) is 5.64. The first-order chi connectivity index (χ1) is 8.08. The summed E-state index contributed by atoms with van der Waals surface area (Å²) >= 11 is 0. The predicted octanol–water partition coefficient (Wildman–Crippen LogP) is 2.32. The molecule has 0 aromatic heterocycles. The van der Waals surface area contributed by atoms with Crippen molar-refractivity contribution in [2.24, 2.45) is 5.92 Å². The standard InChI is InChI=1S/C12H15FN2O2/c13-9-6-11(15-4-3-7-1-2-7)10(14)5-8(9)12(16)17/h5-7,15H,1-4,14H2,(H,16,17). The van der Waals surface area contributed by atoms with Crippen molar-refractivity contribution in [3.63, 3.8) is 0 Å². The van der Waals surface area contributed by atoms with Crippen LogP contribution in [0.15, 0.2) is 12.1 Å². The lowest BCUT2D eigenvalue weighted by molar-refractivity contribution is 0.0692. The lowest BCUT2D eigenvalue weighted by Gasteiger charge is -2.10. The van der Waals surface area contributed by atoms with E-state index in [1.807, 2.05) is 0 Å². The number of carboxylic acid groups (broad SMARTS) is 1. The van der Waals surface area contributed by atoms with Crippen LogP contribution in [0.5, 0.6) is 0 Å². The topological polar surface area (TPSA) is 75.4 Å². The van der Waals surface area contributed by atoms with Crippen molar-refractivity contribution in [2.75, 3.05) is 17.6 Å². The Morgan fingerprint density at radius 1 is 1.53 bits per heavy atom. The number of carboxylic acids is 1. The van der Waals surface area contributed by atoms with E-state index in [1.165, 1.54) is 12.8 Å². The first kappa shape index (κ1) is 11.7.